The second-order valence-electron chi connectivity index (χ2n) is 4.86. The maximum Gasteiger partial charge on any atom is 0.0667 e. The summed E-state index contributed by atoms with van der Waals surface area (Å²) in [5, 5.41) is 9.60. The van der Waals surface area contributed by atoms with E-state index in [1.54, 1.807) is 0 Å². The van der Waals surface area contributed by atoms with Gasteiger partial charge in [-0.2, -0.15) is 0 Å². The van der Waals surface area contributed by atoms with Crippen LogP contribution in [0.3, 0.4) is 0 Å². The molecule has 3 heteroatoms. The molecule has 3 unspecified atom stereocenters. The average Bonchev–Trinajstić information content (AvgIpc) is 2.66. The summed E-state index contributed by atoms with van der Waals surface area (Å²) in [7, 11) is 0. The van der Waals surface area contributed by atoms with Crippen LogP contribution in [0.2, 0.25) is 0 Å². The summed E-state index contributed by atoms with van der Waals surface area (Å²) in [4.78, 5) is 2.48. The molecular formula is C11H22N2O. The lowest BCUT2D eigenvalue weighted by Gasteiger charge is -2.34. The molecule has 0 radical (unpaired) electrons. The molecule has 1 aliphatic heterocycles. The van der Waals surface area contributed by atoms with Gasteiger partial charge in [-0.3, -0.25) is 4.90 Å². The van der Waals surface area contributed by atoms with Crippen LogP contribution < -0.4 is 5.73 Å². The van der Waals surface area contributed by atoms with Crippen molar-refractivity contribution in [3.8, 4) is 0 Å². The maximum atomic E-state index is 9.60. The quantitative estimate of drug-likeness (QED) is 0.682. The number of likely N-dealkylation sites (tertiary alicyclic amines) is 1. The first-order valence-corrected chi connectivity index (χ1v) is 5.91. The molecule has 3 N–H and O–H groups in total. The third-order valence-electron chi connectivity index (χ3n) is 3.79. The van der Waals surface area contributed by atoms with Gasteiger partial charge < -0.3 is 10.8 Å². The number of rotatable bonds is 2. The van der Waals surface area contributed by atoms with Crippen molar-refractivity contribution in [2.75, 3.05) is 19.6 Å². The van der Waals surface area contributed by atoms with Gasteiger partial charge in [-0.05, 0) is 51.1 Å². The number of β-amino-alcohol motifs (C(OH)–C–C–N with tert-alkyl or cyclic N) is 1. The first kappa shape index (κ1) is 10.4. The van der Waals surface area contributed by atoms with Gasteiger partial charge in [0.05, 0.1) is 6.10 Å². The van der Waals surface area contributed by atoms with Crippen molar-refractivity contribution in [2.45, 2.75) is 44.2 Å². The molecule has 3 nitrogen and oxygen atoms in total. The van der Waals surface area contributed by atoms with E-state index in [0.717, 1.165) is 31.8 Å². The van der Waals surface area contributed by atoms with Gasteiger partial charge in [0.2, 0.25) is 0 Å². The molecule has 3 atom stereocenters. The Morgan fingerprint density at radius 2 is 2.14 bits per heavy atom. The van der Waals surface area contributed by atoms with E-state index in [-0.39, 0.29) is 6.10 Å². The molecule has 1 heterocycles. The molecule has 1 saturated heterocycles. The van der Waals surface area contributed by atoms with Crippen LogP contribution in [0.25, 0.3) is 0 Å². The number of nitrogens with two attached hydrogens (primary N) is 1. The molecular weight excluding hydrogens is 176 g/mol. The van der Waals surface area contributed by atoms with Crippen molar-refractivity contribution in [3.63, 3.8) is 0 Å². The van der Waals surface area contributed by atoms with Crippen molar-refractivity contribution in [1.82, 2.24) is 4.90 Å². The molecule has 2 aliphatic rings. The van der Waals surface area contributed by atoms with Gasteiger partial charge in [-0.25, -0.2) is 0 Å². The minimum Gasteiger partial charge on any atom is -0.392 e. The van der Waals surface area contributed by atoms with Crippen LogP contribution in [0, 0.1) is 5.92 Å². The number of aliphatic hydroxyl groups excluding tert-OH is 1. The Morgan fingerprint density at radius 1 is 1.29 bits per heavy atom. The minimum absolute atomic E-state index is 0.0827. The number of nitrogens with zero attached hydrogens (tertiary/aromatic N) is 1. The van der Waals surface area contributed by atoms with E-state index >= 15 is 0 Å². The summed E-state index contributed by atoms with van der Waals surface area (Å²) >= 11 is 0. The van der Waals surface area contributed by atoms with Crippen LogP contribution in [0.4, 0.5) is 0 Å². The third kappa shape index (κ3) is 2.27. The normalized spacial score (nSPS) is 40.3. The Balaban J connectivity index is 1.83. The molecule has 1 aliphatic carbocycles. The standard InChI is InChI=1S/C11H22N2O/c12-7-9-3-4-10(6-9)13-5-1-2-11(14)8-13/h9-11,14H,1-8,12H2. The minimum atomic E-state index is -0.0827. The smallest absolute Gasteiger partial charge is 0.0667 e. The summed E-state index contributed by atoms with van der Waals surface area (Å²) in [5.41, 5.74) is 5.68. The fourth-order valence-corrected chi connectivity index (χ4v) is 2.91. The van der Waals surface area contributed by atoms with Crippen LogP contribution in [-0.2, 0) is 0 Å². The Hall–Kier alpha value is -0.120. The summed E-state index contributed by atoms with van der Waals surface area (Å²) in [6.45, 7) is 2.91. The first-order chi connectivity index (χ1) is 6.79. The van der Waals surface area contributed by atoms with Gasteiger partial charge in [-0.15, -0.1) is 0 Å². The molecule has 0 aromatic rings. The molecule has 14 heavy (non-hydrogen) atoms. The van der Waals surface area contributed by atoms with E-state index in [4.69, 9.17) is 5.73 Å². The highest BCUT2D eigenvalue weighted by Crippen LogP contribution is 2.30. The first-order valence-electron chi connectivity index (χ1n) is 5.91. The van der Waals surface area contributed by atoms with Crippen molar-refractivity contribution in [2.24, 2.45) is 11.7 Å². The fraction of sp³-hybridized carbons (Fsp3) is 1.00. The van der Waals surface area contributed by atoms with E-state index in [1.165, 1.54) is 25.8 Å². The van der Waals surface area contributed by atoms with E-state index in [0.29, 0.717) is 6.04 Å². The highest BCUT2D eigenvalue weighted by atomic mass is 16.3. The van der Waals surface area contributed by atoms with Crippen molar-refractivity contribution in [3.05, 3.63) is 0 Å². The van der Waals surface area contributed by atoms with Crippen LogP contribution in [0.1, 0.15) is 32.1 Å². The zero-order valence-electron chi connectivity index (χ0n) is 8.86. The lowest BCUT2D eigenvalue weighted by Crippen LogP contribution is -2.43. The Kier molecular flexibility index (Phi) is 3.42. The van der Waals surface area contributed by atoms with Gasteiger partial charge in [0.1, 0.15) is 0 Å². The van der Waals surface area contributed by atoms with Gasteiger partial charge >= 0.3 is 0 Å². The zero-order chi connectivity index (χ0) is 9.97. The van der Waals surface area contributed by atoms with Gasteiger partial charge in [0.25, 0.3) is 0 Å². The van der Waals surface area contributed by atoms with Crippen molar-refractivity contribution < 1.29 is 5.11 Å². The number of aliphatic hydroxyl groups is 1. The summed E-state index contributed by atoms with van der Waals surface area (Å²) in [6.07, 6.45) is 5.89. The van der Waals surface area contributed by atoms with Crippen molar-refractivity contribution >= 4 is 0 Å². The number of hydrogen-bond donors (Lipinski definition) is 2. The molecule has 2 fully saturated rings. The summed E-state index contributed by atoms with van der Waals surface area (Å²) in [6, 6.07) is 0.707. The third-order valence-corrected chi connectivity index (χ3v) is 3.79. The SMILES string of the molecule is NCC1CCC(N2CCCC(O)C2)C1. The van der Waals surface area contributed by atoms with E-state index < -0.39 is 0 Å². The number of hydrogen-bond acceptors (Lipinski definition) is 3. The van der Waals surface area contributed by atoms with Crippen LogP contribution in [-0.4, -0.2) is 41.8 Å². The predicted molar refractivity (Wildman–Crippen MR) is 57.0 cm³/mol. The van der Waals surface area contributed by atoms with E-state index in [1.807, 2.05) is 0 Å². The van der Waals surface area contributed by atoms with E-state index in [9.17, 15) is 5.11 Å². The topological polar surface area (TPSA) is 49.5 Å². The second-order valence-corrected chi connectivity index (χ2v) is 4.86. The maximum absolute atomic E-state index is 9.60. The summed E-state index contributed by atoms with van der Waals surface area (Å²) in [5.74, 6) is 0.735. The zero-order valence-corrected chi connectivity index (χ0v) is 8.86. The lowest BCUT2D eigenvalue weighted by molar-refractivity contribution is 0.0470. The van der Waals surface area contributed by atoms with Crippen LogP contribution in [0.5, 0.6) is 0 Å². The molecule has 0 amide bonds. The molecule has 82 valence electrons. The highest BCUT2D eigenvalue weighted by molar-refractivity contribution is 4.86. The van der Waals surface area contributed by atoms with E-state index in [2.05, 4.69) is 4.90 Å². The van der Waals surface area contributed by atoms with Crippen molar-refractivity contribution in [1.29, 1.82) is 0 Å². The fourth-order valence-electron chi connectivity index (χ4n) is 2.91. The molecule has 0 aromatic carbocycles. The van der Waals surface area contributed by atoms with Gasteiger partial charge in [-0.1, -0.05) is 0 Å². The lowest BCUT2D eigenvalue weighted by atomic mass is 10.0. The Labute approximate surface area is 86.3 Å². The Morgan fingerprint density at radius 3 is 2.79 bits per heavy atom. The average molecular weight is 198 g/mol. The second kappa shape index (κ2) is 4.60. The molecule has 0 bridgehead atoms. The van der Waals surface area contributed by atoms with Crippen LogP contribution >= 0.6 is 0 Å². The monoisotopic (exact) mass is 198 g/mol. The summed E-state index contributed by atoms with van der Waals surface area (Å²) < 4.78 is 0. The van der Waals surface area contributed by atoms with Gasteiger partial charge in [0.15, 0.2) is 0 Å². The molecule has 0 aromatic heterocycles. The highest BCUT2D eigenvalue weighted by Gasteiger charge is 2.30. The predicted octanol–water partition coefficient (Wildman–Crippen LogP) is 0.570. The number of piperidine rings is 1. The molecule has 0 spiro atoms. The van der Waals surface area contributed by atoms with Gasteiger partial charge in [0, 0.05) is 12.6 Å². The Bertz CT molecular complexity index is 186. The largest absolute Gasteiger partial charge is 0.392 e. The van der Waals surface area contributed by atoms with Crippen LogP contribution in [0.15, 0.2) is 0 Å². The molecule has 1 saturated carbocycles. The molecule has 2 rings (SSSR count).